The molecule has 0 saturated heterocycles. The molecule has 288 valence electrons. The van der Waals surface area contributed by atoms with Gasteiger partial charge in [0.25, 0.3) is 0 Å². The summed E-state index contributed by atoms with van der Waals surface area (Å²) in [5.74, 6) is 0. The zero-order valence-corrected chi connectivity index (χ0v) is 34.4. The Bertz CT molecular complexity index is 3380. The fourth-order valence-electron chi connectivity index (χ4n) is 11.2. The van der Waals surface area contributed by atoms with E-state index in [1.807, 2.05) is 0 Å². The van der Waals surface area contributed by atoms with E-state index in [0.717, 1.165) is 33.3 Å². The summed E-state index contributed by atoms with van der Waals surface area (Å²) in [6, 6.07) is 72.5. The number of fused-ring (bicyclic) bond motifs is 11. The van der Waals surface area contributed by atoms with Crippen molar-refractivity contribution in [2.24, 2.45) is 0 Å². The summed E-state index contributed by atoms with van der Waals surface area (Å²) in [6.45, 7) is 6.73. The highest BCUT2D eigenvalue weighted by Gasteiger charge is 2.53. The van der Waals surface area contributed by atoms with Crippen LogP contribution in [0.25, 0.3) is 43.8 Å². The molecule has 1 aromatic heterocycles. The number of furan rings is 1. The molecule has 0 bridgehead atoms. The number of anilines is 5. The summed E-state index contributed by atoms with van der Waals surface area (Å²) in [5.41, 5.74) is 18.7. The van der Waals surface area contributed by atoms with Crippen LogP contribution in [0, 0.1) is 0 Å². The third-order valence-electron chi connectivity index (χ3n) is 13.8. The van der Waals surface area contributed by atoms with Crippen LogP contribution in [0.1, 0.15) is 48.6 Å². The minimum absolute atomic E-state index is 0.0207. The van der Waals surface area contributed by atoms with E-state index < -0.39 is 5.41 Å². The number of hydrogen-bond donors (Lipinski definition) is 0. The van der Waals surface area contributed by atoms with Crippen LogP contribution in [0.4, 0.5) is 28.4 Å². The van der Waals surface area contributed by atoms with Gasteiger partial charge in [-0.3, -0.25) is 0 Å². The maximum Gasteiger partial charge on any atom is 0.333 e. The number of hydrogen-bond acceptors (Lipinski definition) is 3. The molecule has 0 unspecified atom stereocenters. The minimum Gasteiger partial charge on any atom is -0.456 e. The van der Waals surface area contributed by atoms with Crippen molar-refractivity contribution in [1.29, 1.82) is 0 Å². The summed E-state index contributed by atoms with van der Waals surface area (Å²) >= 11 is 0. The van der Waals surface area contributed by atoms with Gasteiger partial charge in [0.15, 0.2) is 0 Å². The van der Waals surface area contributed by atoms with E-state index in [-0.39, 0.29) is 12.3 Å². The second kappa shape index (κ2) is 12.4. The molecular weight excluding hydrogens is 739 g/mol. The van der Waals surface area contributed by atoms with Gasteiger partial charge in [0.05, 0.1) is 11.1 Å². The Hall–Kier alpha value is -7.30. The van der Waals surface area contributed by atoms with E-state index in [2.05, 4.69) is 225 Å². The Morgan fingerprint density at radius 3 is 1.92 bits per heavy atom. The van der Waals surface area contributed by atoms with Crippen molar-refractivity contribution in [2.75, 3.05) is 9.71 Å². The average Bonchev–Trinajstić information content (AvgIpc) is 3.67. The van der Waals surface area contributed by atoms with E-state index in [1.54, 1.807) is 0 Å². The van der Waals surface area contributed by atoms with Crippen LogP contribution in [0.15, 0.2) is 199 Å². The predicted octanol–water partition coefficient (Wildman–Crippen LogP) is 13.4. The first-order chi connectivity index (χ1) is 29.9. The van der Waals surface area contributed by atoms with Gasteiger partial charge in [-0.05, 0) is 96.9 Å². The van der Waals surface area contributed by atoms with Crippen molar-refractivity contribution in [2.45, 2.75) is 31.6 Å². The number of rotatable bonds is 3. The highest BCUT2D eigenvalue weighted by atomic mass is 16.3. The van der Waals surface area contributed by atoms with Crippen molar-refractivity contribution in [1.82, 2.24) is 0 Å². The fourth-order valence-corrected chi connectivity index (χ4v) is 11.2. The lowest BCUT2D eigenvalue weighted by atomic mass is 9.42. The minimum atomic E-state index is -0.579. The van der Waals surface area contributed by atoms with Gasteiger partial charge in [0.1, 0.15) is 11.2 Å². The Labute approximate surface area is 356 Å². The Morgan fingerprint density at radius 2 is 1.16 bits per heavy atom. The lowest BCUT2D eigenvalue weighted by Crippen LogP contribution is -2.62. The molecule has 0 spiro atoms. The van der Waals surface area contributed by atoms with Crippen LogP contribution in [-0.2, 0) is 10.8 Å². The van der Waals surface area contributed by atoms with E-state index >= 15 is 0 Å². The van der Waals surface area contributed by atoms with Crippen LogP contribution in [-0.4, -0.2) is 6.85 Å². The van der Waals surface area contributed by atoms with Crippen LogP contribution in [0.3, 0.4) is 0 Å². The van der Waals surface area contributed by atoms with Crippen molar-refractivity contribution in [3.8, 4) is 11.1 Å². The van der Waals surface area contributed by atoms with Crippen LogP contribution < -0.4 is 20.6 Å². The zero-order valence-electron chi connectivity index (χ0n) is 34.4. The number of nitrogens with zero attached hydrogens (tertiary/aromatic N) is 2. The molecule has 0 fully saturated rings. The van der Waals surface area contributed by atoms with Crippen LogP contribution in [0.2, 0.25) is 0 Å². The molecule has 0 saturated carbocycles. The van der Waals surface area contributed by atoms with Crippen molar-refractivity contribution in [3.63, 3.8) is 0 Å². The first kappa shape index (κ1) is 34.6. The topological polar surface area (TPSA) is 19.6 Å². The van der Waals surface area contributed by atoms with Gasteiger partial charge in [-0.25, -0.2) is 0 Å². The van der Waals surface area contributed by atoms with E-state index in [9.17, 15) is 0 Å². The summed E-state index contributed by atoms with van der Waals surface area (Å²) in [7, 11) is 0. The maximum absolute atomic E-state index is 6.71. The zero-order chi connectivity index (χ0) is 40.6. The molecule has 3 nitrogen and oxygen atoms in total. The molecule has 0 atom stereocenters. The fraction of sp³-hybridized carbons (Fsp3) is 0.0877. The van der Waals surface area contributed by atoms with E-state index in [0.29, 0.717) is 0 Å². The second-order valence-corrected chi connectivity index (χ2v) is 18.0. The molecule has 10 aromatic rings. The molecular formula is C57H41BN2O. The summed E-state index contributed by atoms with van der Waals surface area (Å²) in [6.07, 6.45) is 0. The monoisotopic (exact) mass is 780 g/mol. The summed E-state index contributed by atoms with van der Waals surface area (Å²) in [4.78, 5) is 5.23. The molecule has 13 rings (SSSR count). The van der Waals surface area contributed by atoms with Gasteiger partial charge in [-0.15, -0.1) is 0 Å². The highest BCUT2D eigenvalue weighted by Crippen LogP contribution is 2.60. The van der Waals surface area contributed by atoms with Gasteiger partial charge >= 0.3 is 6.85 Å². The maximum atomic E-state index is 6.71. The standard InChI is InChI=1S/C57H41BN2O/c1-56(2,3)37-29-31-40(32-30-37)60-49-35-52-43(42-23-12-15-28-51(42)61-52)34-44(49)53-41-22-11-10-17-36(41)33-50-54(53)58(60)47-26-16-25-46-55(47)59(50)48-27-14-13-24-45(48)57(46,38-18-6-4-7-19-38)39-20-8-5-9-21-39/h4-35H,1-3H3. The normalized spacial score (nSPS) is 14.5. The molecule has 9 aromatic carbocycles. The highest BCUT2D eigenvalue weighted by molar-refractivity contribution is 6.94. The van der Waals surface area contributed by atoms with Crippen LogP contribution in [0.5, 0.6) is 0 Å². The first-order valence-corrected chi connectivity index (χ1v) is 21.5. The molecule has 0 amide bonds. The predicted molar refractivity (Wildman–Crippen MR) is 256 cm³/mol. The SMILES string of the molecule is CC(C)(C)c1ccc(N2B3c4cccc5c4N(c4ccccc4C5(c4ccccc4)c4ccccc4)c4cc5ccccc5c(c43)-c3cc4c(cc32)oc2ccccc24)cc1. The van der Waals surface area contributed by atoms with E-state index in [1.165, 1.54) is 77.7 Å². The van der Waals surface area contributed by atoms with Gasteiger partial charge in [0, 0.05) is 45.2 Å². The lowest BCUT2D eigenvalue weighted by Gasteiger charge is -2.52. The van der Waals surface area contributed by atoms with Crippen molar-refractivity contribution < 1.29 is 4.42 Å². The van der Waals surface area contributed by atoms with Gasteiger partial charge in [0.2, 0.25) is 0 Å². The van der Waals surface area contributed by atoms with Crippen LogP contribution >= 0.6 is 0 Å². The Morgan fingerprint density at radius 1 is 0.508 bits per heavy atom. The Kier molecular flexibility index (Phi) is 7.01. The molecule has 3 aliphatic heterocycles. The van der Waals surface area contributed by atoms with Gasteiger partial charge in [-0.1, -0.05) is 172 Å². The first-order valence-electron chi connectivity index (χ1n) is 21.5. The van der Waals surface area contributed by atoms with Gasteiger partial charge < -0.3 is 14.1 Å². The summed E-state index contributed by atoms with van der Waals surface area (Å²) < 4.78 is 6.71. The largest absolute Gasteiger partial charge is 0.456 e. The lowest BCUT2D eigenvalue weighted by molar-refractivity contribution is 0.590. The smallest absolute Gasteiger partial charge is 0.333 e. The quantitative estimate of drug-likeness (QED) is 0.167. The molecule has 0 radical (unpaired) electrons. The Balaban J connectivity index is 1.21. The molecule has 0 N–H and O–H groups in total. The molecule has 4 heterocycles. The van der Waals surface area contributed by atoms with E-state index in [4.69, 9.17) is 4.42 Å². The third kappa shape index (κ3) is 4.60. The molecule has 0 aliphatic carbocycles. The summed E-state index contributed by atoms with van der Waals surface area (Å²) in [5, 5.41) is 4.75. The number of benzene rings is 9. The second-order valence-electron chi connectivity index (χ2n) is 18.0. The average molecular weight is 781 g/mol. The molecule has 3 aliphatic rings. The number of para-hydroxylation sites is 3. The third-order valence-corrected chi connectivity index (χ3v) is 13.8. The van der Waals surface area contributed by atoms with Gasteiger partial charge in [-0.2, -0.15) is 0 Å². The van der Waals surface area contributed by atoms with Crippen molar-refractivity contribution in [3.05, 3.63) is 222 Å². The van der Waals surface area contributed by atoms with Crippen molar-refractivity contribution >= 4 is 78.9 Å². The molecule has 61 heavy (non-hydrogen) atoms. The molecule has 4 heteroatoms.